The van der Waals surface area contributed by atoms with Crippen LogP contribution >= 0.6 is 0 Å². The highest BCUT2D eigenvalue weighted by atomic mass is 16.5. The molecule has 2 saturated carbocycles. The van der Waals surface area contributed by atoms with Gasteiger partial charge in [0.2, 0.25) is 0 Å². The molecule has 2 fully saturated rings. The summed E-state index contributed by atoms with van der Waals surface area (Å²) in [7, 11) is 2.05. The number of likely N-dealkylation sites (N-methyl/N-ethyl adjacent to an activating group) is 1. The lowest BCUT2D eigenvalue weighted by atomic mass is 9.90. The molecule has 0 heterocycles. The van der Waals surface area contributed by atoms with Crippen LogP contribution in [0.4, 0.5) is 0 Å². The molecule has 2 rings (SSSR count). The number of rotatable bonds is 4. The van der Waals surface area contributed by atoms with Crippen molar-refractivity contribution in [2.24, 2.45) is 0 Å². The van der Waals surface area contributed by atoms with Crippen LogP contribution in [0.2, 0.25) is 0 Å². The maximum absolute atomic E-state index is 6.37. The summed E-state index contributed by atoms with van der Waals surface area (Å²) in [5, 5.41) is 3.33. The minimum Gasteiger partial charge on any atom is -0.370 e. The normalized spacial score (nSPS) is 27.0. The van der Waals surface area contributed by atoms with E-state index >= 15 is 0 Å². The number of hydrogen-bond acceptors (Lipinski definition) is 2. The summed E-state index contributed by atoms with van der Waals surface area (Å²) in [6, 6.07) is 0. The Labute approximate surface area is 93.8 Å². The van der Waals surface area contributed by atoms with Crippen molar-refractivity contribution in [1.29, 1.82) is 0 Å². The zero-order valence-electron chi connectivity index (χ0n) is 10.1. The third-order valence-electron chi connectivity index (χ3n) is 3.98. The summed E-state index contributed by atoms with van der Waals surface area (Å²) in [5.41, 5.74) is 0.177. The van der Waals surface area contributed by atoms with Crippen molar-refractivity contribution >= 4 is 0 Å². The SMILES string of the molecule is CNCC1(OC2CCC2)CCCCCC1. The molecule has 0 saturated heterocycles. The fourth-order valence-corrected chi connectivity index (χ4v) is 2.87. The molecule has 88 valence electrons. The van der Waals surface area contributed by atoms with Gasteiger partial charge in [0, 0.05) is 6.54 Å². The molecule has 15 heavy (non-hydrogen) atoms. The summed E-state index contributed by atoms with van der Waals surface area (Å²) in [6.45, 7) is 1.05. The predicted molar refractivity (Wildman–Crippen MR) is 63.1 cm³/mol. The molecule has 0 atom stereocenters. The predicted octanol–water partition coefficient (Wildman–Crippen LogP) is 2.87. The standard InChI is InChI=1S/C13H25NO/c1-14-11-13(15-12-7-6-8-12)9-4-2-3-5-10-13/h12,14H,2-11H2,1H3. The molecule has 0 spiro atoms. The third-order valence-corrected chi connectivity index (χ3v) is 3.98. The average Bonchev–Trinajstić information content (AvgIpc) is 2.39. The monoisotopic (exact) mass is 211 g/mol. The van der Waals surface area contributed by atoms with E-state index in [1.165, 1.54) is 57.8 Å². The Balaban J connectivity index is 1.92. The highest BCUT2D eigenvalue weighted by Crippen LogP contribution is 2.35. The third kappa shape index (κ3) is 2.94. The summed E-state index contributed by atoms with van der Waals surface area (Å²) in [6.07, 6.45) is 12.6. The first-order chi connectivity index (χ1) is 7.35. The Morgan fingerprint density at radius 3 is 2.20 bits per heavy atom. The fraction of sp³-hybridized carbons (Fsp3) is 1.00. The van der Waals surface area contributed by atoms with E-state index < -0.39 is 0 Å². The van der Waals surface area contributed by atoms with Crippen molar-refractivity contribution in [2.45, 2.75) is 69.5 Å². The van der Waals surface area contributed by atoms with Gasteiger partial charge in [-0.3, -0.25) is 0 Å². The van der Waals surface area contributed by atoms with E-state index in [-0.39, 0.29) is 5.60 Å². The summed E-state index contributed by atoms with van der Waals surface area (Å²) >= 11 is 0. The van der Waals surface area contributed by atoms with E-state index in [9.17, 15) is 0 Å². The van der Waals surface area contributed by atoms with Crippen molar-refractivity contribution in [3.05, 3.63) is 0 Å². The van der Waals surface area contributed by atoms with Gasteiger partial charge >= 0.3 is 0 Å². The maximum atomic E-state index is 6.37. The molecular formula is C13H25NO. The number of nitrogens with one attached hydrogen (secondary N) is 1. The molecule has 0 aromatic heterocycles. The van der Waals surface area contributed by atoms with Gasteiger partial charge in [0.1, 0.15) is 0 Å². The molecule has 0 amide bonds. The van der Waals surface area contributed by atoms with Crippen LogP contribution in [0.5, 0.6) is 0 Å². The van der Waals surface area contributed by atoms with E-state index in [1.54, 1.807) is 0 Å². The molecule has 2 nitrogen and oxygen atoms in total. The summed E-state index contributed by atoms with van der Waals surface area (Å²) < 4.78 is 6.37. The Morgan fingerprint density at radius 2 is 1.73 bits per heavy atom. The Hall–Kier alpha value is -0.0800. The molecule has 2 aliphatic rings. The molecule has 1 N–H and O–H groups in total. The second kappa shape index (κ2) is 5.31. The number of hydrogen-bond donors (Lipinski definition) is 1. The first-order valence-electron chi connectivity index (χ1n) is 6.67. The van der Waals surface area contributed by atoms with Crippen molar-refractivity contribution in [2.75, 3.05) is 13.6 Å². The van der Waals surface area contributed by atoms with Gasteiger partial charge in [-0.25, -0.2) is 0 Å². The van der Waals surface area contributed by atoms with Crippen molar-refractivity contribution < 1.29 is 4.74 Å². The fourth-order valence-electron chi connectivity index (χ4n) is 2.87. The number of ether oxygens (including phenoxy) is 1. The van der Waals surface area contributed by atoms with Crippen molar-refractivity contribution in [3.8, 4) is 0 Å². The van der Waals surface area contributed by atoms with Crippen LogP contribution in [-0.4, -0.2) is 25.3 Å². The van der Waals surface area contributed by atoms with Gasteiger partial charge in [0.25, 0.3) is 0 Å². The molecule has 0 aliphatic heterocycles. The molecule has 0 aromatic carbocycles. The van der Waals surface area contributed by atoms with Gasteiger partial charge in [-0.1, -0.05) is 25.7 Å². The van der Waals surface area contributed by atoms with Crippen LogP contribution in [0, 0.1) is 0 Å². The molecule has 0 radical (unpaired) electrons. The lowest BCUT2D eigenvalue weighted by molar-refractivity contribution is -0.126. The molecular weight excluding hydrogens is 186 g/mol. The van der Waals surface area contributed by atoms with Crippen molar-refractivity contribution in [3.63, 3.8) is 0 Å². The average molecular weight is 211 g/mol. The second-order valence-electron chi connectivity index (χ2n) is 5.30. The van der Waals surface area contributed by atoms with Gasteiger partial charge in [-0.2, -0.15) is 0 Å². The molecule has 0 aromatic rings. The van der Waals surface area contributed by atoms with E-state index in [0.29, 0.717) is 6.10 Å². The Bertz CT molecular complexity index is 181. The Kier molecular flexibility index (Phi) is 4.04. The van der Waals surface area contributed by atoms with E-state index in [0.717, 1.165) is 6.54 Å². The highest BCUT2D eigenvalue weighted by molar-refractivity contribution is 4.88. The van der Waals surface area contributed by atoms with Crippen LogP contribution in [0.15, 0.2) is 0 Å². The maximum Gasteiger partial charge on any atom is 0.0809 e. The molecule has 2 heteroatoms. The summed E-state index contributed by atoms with van der Waals surface area (Å²) in [4.78, 5) is 0. The lowest BCUT2D eigenvalue weighted by Crippen LogP contribution is -2.45. The minimum atomic E-state index is 0.177. The van der Waals surface area contributed by atoms with Crippen LogP contribution in [0.25, 0.3) is 0 Å². The van der Waals surface area contributed by atoms with E-state index in [1.807, 2.05) is 0 Å². The van der Waals surface area contributed by atoms with Gasteiger partial charge in [0.05, 0.1) is 11.7 Å². The zero-order chi connectivity index (χ0) is 10.6. The largest absolute Gasteiger partial charge is 0.370 e. The lowest BCUT2D eigenvalue weighted by Gasteiger charge is -2.40. The van der Waals surface area contributed by atoms with Gasteiger partial charge < -0.3 is 10.1 Å². The molecule has 2 aliphatic carbocycles. The van der Waals surface area contributed by atoms with E-state index in [4.69, 9.17) is 4.74 Å². The Morgan fingerprint density at radius 1 is 1.07 bits per heavy atom. The van der Waals surface area contributed by atoms with Gasteiger partial charge in [0.15, 0.2) is 0 Å². The van der Waals surface area contributed by atoms with Crippen molar-refractivity contribution in [1.82, 2.24) is 5.32 Å². The first-order valence-corrected chi connectivity index (χ1v) is 6.67. The molecule has 0 unspecified atom stereocenters. The van der Waals surface area contributed by atoms with Crippen LogP contribution in [0.1, 0.15) is 57.8 Å². The smallest absolute Gasteiger partial charge is 0.0809 e. The zero-order valence-corrected chi connectivity index (χ0v) is 10.1. The first kappa shape index (κ1) is 11.4. The molecule has 0 bridgehead atoms. The van der Waals surface area contributed by atoms with Crippen LogP contribution in [-0.2, 0) is 4.74 Å². The topological polar surface area (TPSA) is 21.3 Å². The minimum absolute atomic E-state index is 0.177. The van der Waals surface area contributed by atoms with Gasteiger partial charge in [-0.05, 0) is 39.2 Å². The second-order valence-corrected chi connectivity index (χ2v) is 5.30. The van der Waals surface area contributed by atoms with Crippen LogP contribution < -0.4 is 5.32 Å². The quantitative estimate of drug-likeness (QED) is 0.722. The van der Waals surface area contributed by atoms with Crippen LogP contribution in [0.3, 0.4) is 0 Å². The summed E-state index contributed by atoms with van der Waals surface area (Å²) in [5.74, 6) is 0. The van der Waals surface area contributed by atoms with Gasteiger partial charge in [-0.15, -0.1) is 0 Å². The highest BCUT2D eigenvalue weighted by Gasteiger charge is 2.35. The van der Waals surface area contributed by atoms with E-state index in [2.05, 4.69) is 12.4 Å².